The molecule has 4 heteroatoms. The minimum atomic E-state index is 0.167. The van der Waals surface area contributed by atoms with Gasteiger partial charge in [0.2, 0.25) is 0 Å². The molecule has 0 saturated carbocycles. The fourth-order valence-corrected chi connectivity index (χ4v) is 2.32. The fraction of sp³-hybridized carbons (Fsp3) is 0. The molecule has 17 heavy (non-hydrogen) atoms. The summed E-state index contributed by atoms with van der Waals surface area (Å²) in [6.07, 6.45) is 0. The number of fused-ring (bicyclic) bond motifs is 1. The van der Waals surface area contributed by atoms with Crippen LogP contribution in [0, 0.1) is 0 Å². The van der Waals surface area contributed by atoms with Crippen molar-refractivity contribution in [3.8, 4) is 11.3 Å². The summed E-state index contributed by atoms with van der Waals surface area (Å²) in [5, 5.41) is 2.36. The lowest BCUT2D eigenvalue weighted by Gasteiger charge is -2.00. The maximum atomic E-state index is 5.52. The molecule has 2 N–H and O–H groups in total. The summed E-state index contributed by atoms with van der Waals surface area (Å²) < 4.78 is 5.72. The van der Waals surface area contributed by atoms with E-state index in [1.54, 1.807) is 0 Å². The molecule has 0 aliphatic heterocycles. The highest BCUT2D eigenvalue weighted by Crippen LogP contribution is 2.31. The molecule has 0 saturated heterocycles. The van der Waals surface area contributed by atoms with E-state index in [9.17, 15) is 0 Å². The summed E-state index contributed by atoms with van der Waals surface area (Å²) in [4.78, 5) is 4.15. The molecule has 0 amide bonds. The van der Waals surface area contributed by atoms with E-state index in [-0.39, 0.29) is 6.01 Å². The fourth-order valence-electron chi connectivity index (χ4n) is 1.83. The Bertz CT molecular complexity index is 691. The van der Waals surface area contributed by atoms with Crippen molar-refractivity contribution in [3.63, 3.8) is 0 Å². The monoisotopic (exact) mass is 288 g/mol. The molecule has 0 atom stereocenters. The van der Waals surface area contributed by atoms with Gasteiger partial charge in [-0.1, -0.05) is 36.4 Å². The lowest BCUT2D eigenvalue weighted by Crippen LogP contribution is -1.84. The van der Waals surface area contributed by atoms with Crippen molar-refractivity contribution in [2.45, 2.75) is 0 Å². The lowest BCUT2D eigenvalue weighted by molar-refractivity contribution is 0.556. The van der Waals surface area contributed by atoms with E-state index in [2.05, 4.69) is 45.2 Å². The number of nitrogen functional groups attached to an aromatic ring is 1. The van der Waals surface area contributed by atoms with Crippen LogP contribution in [0.25, 0.3) is 22.0 Å². The van der Waals surface area contributed by atoms with Crippen LogP contribution < -0.4 is 5.73 Å². The Labute approximate surface area is 106 Å². The van der Waals surface area contributed by atoms with E-state index in [1.807, 2.05) is 18.2 Å². The molecule has 0 aliphatic carbocycles. The highest BCUT2D eigenvalue weighted by Gasteiger charge is 2.11. The second kappa shape index (κ2) is 3.89. The van der Waals surface area contributed by atoms with Crippen molar-refractivity contribution in [2.75, 3.05) is 5.73 Å². The molecule has 3 aromatic rings. The Balaban J connectivity index is 2.21. The van der Waals surface area contributed by atoms with Crippen LogP contribution in [0.1, 0.15) is 0 Å². The predicted molar refractivity (Wildman–Crippen MR) is 71.6 cm³/mol. The third kappa shape index (κ3) is 1.80. The molecule has 84 valence electrons. The Morgan fingerprint density at radius 3 is 2.53 bits per heavy atom. The Morgan fingerprint density at radius 1 is 1.06 bits per heavy atom. The van der Waals surface area contributed by atoms with Gasteiger partial charge < -0.3 is 10.2 Å². The molecule has 0 bridgehead atoms. The summed E-state index contributed by atoms with van der Waals surface area (Å²) in [6.45, 7) is 0. The van der Waals surface area contributed by atoms with Crippen LogP contribution in [0.5, 0.6) is 0 Å². The van der Waals surface area contributed by atoms with Crippen molar-refractivity contribution >= 4 is 32.7 Å². The normalized spacial score (nSPS) is 10.9. The number of hydrogen-bond donors (Lipinski definition) is 1. The average molecular weight is 289 g/mol. The maximum Gasteiger partial charge on any atom is 0.293 e. The number of oxazole rings is 1. The molecular weight excluding hydrogens is 280 g/mol. The van der Waals surface area contributed by atoms with Gasteiger partial charge in [0.25, 0.3) is 6.01 Å². The summed E-state index contributed by atoms with van der Waals surface area (Å²) >= 11 is 3.31. The van der Waals surface area contributed by atoms with E-state index in [0.717, 1.165) is 11.3 Å². The molecule has 1 heterocycles. The van der Waals surface area contributed by atoms with Crippen LogP contribution in [-0.2, 0) is 0 Å². The summed E-state index contributed by atoms with van der Waals surface area (Å²) in [5.41, 5.74) is 7.23. The van der Waals surface area contributed by atoms with E-state index in [0.29, 0.717) is 4.67 Å². The number of hydrogen-bond acceptors (Lipinski definition) is 3. The number of nitrogens with two attached hydrogens (primary N) is 1. The highest BCUT2D eigenvalue weighted by atomic mass is 79.9. The topological polar surface area (TPSA) is 52.0 Å². The molecule has 1 aromatic heterocycles. The second-order valence-electron chi connectivity index (χ2n) is 3.74. The van der Waals surface area contributed by atoms with Crippen molar-refractivity contribution < 1.29 is 4.42 Å². The van der Waals surface area contributed by atoms with Crippen LogP contribution in [0.3, 0.4) is 0 Å². The standard InChI is InChI=1S/C13H9BrN2O/c14-12-11(16-13(15)17-12)10-6-5-8-3-1-2-4-9(8)7-10/h1-7H,(H2,15,16). The molecule has 0 aliphatic rings. The zero-order chi connectivity index (χ0) is 11.8. The first kappa shape index (κ1) is 10.4. The molecule has 0 radical (unpaired) electrons. The average Bonchev–Trinajstić information content (AvgIpc) is 2.68. The highest BCUT2D eigenvalue weighted by molar-refractivity contribution is 9.10. The molecule has 0 spiro atoms. The second-order valence-corrected chi connectivity index (χ2v) is 4.46. The van der Waals surface area contributed by atoms with Gasteiger partial charge in [0.05, 0.1) is 0 Å². The summed E-state index contributed by atoms with van der Waals surface area (Å²) in [7, 11) is 0. The van der Waals surface area contributed by atoms with Crippen LogP contribution in [0.15, 0.2) is 51.6 Å². The Kier molecular flexibility index (Phi) is 2.37. The molecule has 0 unspecified atom stereocenters. The van der Waals surface area contributed by atoms with Gasteiger partial charge in [-0.05, 0) is 32.8 Å². The number of rotatable bonds is 1. The molecule has 0 fully saturated rings. The van der Waals surface area contributed by atoms with Gasteiger partial charge in [-0.15, -0.1) is 0 Å². The number of benzene rings is 2. The third-order valence-electron chi connectivity index (χ3n) is 2.63. The van der Waals surface area contributed by atoms with E-state index in [4.69, 9.17) is 10.2 Å². The van der Waals surface area contributed by atoms with Crippen molar-refractivity contribution in [2.24, 2.45) is 0 Å². The van der Waals surface area contributed by atoms with Crippen molar-refractivity contribution in [1.29, 1.82) is 0 Å². The molecular formula is C13H9BrN2O. The number of nitrogens with zero attached hydrogens (tertiary/aromatic N) is 1. The lowest BCUT2D eigenvalue weighted by atomic mass is 10.1. The molecule has 3 rings (SSSR count). The Morgan fingerprint density at radius 2 is 1.82 bits per heavy atom. The largest absolute Gasteiger partial charge is 0.416 e. The van der Waals surface area contributed by atoms with Gasteiger partial charge in [0, 0.05) is 5.56 Å². The summed E-state index contributed by atoms with van der Waals surface area (Å²) in [6, 6.07) is 14.5. The van der Waals surface area contributed by atoms with Crippen LogP contribution >= 0.6 is 15.9 Å². The maximum absolute atomic E-state index is 5.52. The van der Waals surface area contributed by atoms with Gasteiger partial charge >= 0.3 is 0 Å². The van der Waals surface area contributed by atoms with Gasteiger partial charge in [-0.2, -0.15) is 4.98 Å². The predicted octanol–water partition coefficient (Wildman–Crippen LogP) is 3.84. The first-order valence-corrected chi connectivity index (χ1v) is 5.94. The first-order chi connectivity index (χ1) is 8.24. The third-order valence-corrected chi connectivity index (χ3v) is 3.16. The van der Waals surface area contributed by atoms with Gasteiger partial charge in [-0.25, -0.2) is 0 Å². The van der Waals surface area contributed by atoms with Crippen LogP contribution in [-0.4, -0.2) is 4.98 Å². The zero-order valence-electron chi connectivity index (χ0n) is 8.85. The first-order valence-electron chi connectivity index (χ1n) is 5.15. The van der Waals surface area contributed by atoms with Crippen molar-refractivity contribution in [1.82, 2.24) is 4.98 Å². The Hall–Kier alpha value is -1.81. The van der Waals surface area contributed by atoms with E-state index in [1.165, 1.54) is 10.8 Å². The van der Waals surface area contributed by atoms with Crippen molar-refractivity contribution in [3.05, 3.63) is 47.1 Å². The minimum Gasteiger partial charge on any atom is -0.416 e. The van der Waals surface area contributed by atoms with Crippen LogP contribution in [0.4, 0.5) is 6.01 Å². The molecule has 2 aromatic carbocycles. The smallest absolute Gasteiger partial charge is 0.293 e. The quantitative estimate of drug-likeness (QED) is 0.740. The minimum absolute atomic E-state index is 0.167. The number of halogens is 1. The zero-order valence-corrected chi connectivity index (χ0v) is 10.4. The summed E-state index contributed by atoms with van der Waals surface area (Å²) in [5.74, 6) is 0. The van der Waals surface area contributed by atoms with Gasteiger partial charge in [-0.3, -0.25) is 0 Å². The van der Waals surface area contributed by atoms with Gasteiger partial charge in [0.1, 0.15) is 5.69 Å². The molecule has 3 nitrogen and oxygen atoms in total. The number of aromatic nitrogens is 1. The van der Waals surface area contributed by atoms with Crippen LogP contribution in [0.2, 0.25) is 0 Å². The van der Waals surface area contributed by atoms with E-state index >= 15 is 0 Å². The van der Waals surface area contributed by atoms with Gasteiger partial charge in [0.15, 0.2) is 4.67 Å². The van der Waals surface area contributed by atoms with E-state index < -0.39 is 0 Å². The number of anilines is 1. The SMILES string of the molecule is Nc1nc(-c2ccc3ccccc3c2)c(Br)o1.